The lowest BCUT2D eigenvalue weighted by Gasteiger charge is -2.38. The minimum absolute atomic E-state index is 0.0295. The largest absolute Gasteiger partial charge is 0.488 e. The van der Waals surface area contributed by atoms with Crippen LogP contribution in [0.3, 0.4) is 0 Å². The number of unbranched alkanes of at least 4 members (excludes halogenated alkanes) is 1. The Bertz CT molecular complexity index is 1230. The van der Waals surface area contributed by atoms with Crippen molar-refractivity contribution >= 4 is 29.4 Å². The number of piperidine rings is 1. The zero-order valence-corrected chi connectivity index (χ0v) is 29.9. The van der Waals surface area contributed by atoms with E-state index in [1.807, 2.05) is 26.0 Å². The molecule has 1 aliphatic heterocycles. The number of pyridine rings is 1. The lowest BCUT2D eigenvalue weighted by Crippen LogP contribution is -2.61. The molecule has 2 rings (SSSR count). The van der Waals surface area contributed by atoms with E-state index in [4.69, 9.17) is 4.74 Å². The van der Waals surface area contributed by atoms with Gasteiger partial charge in [-0.3, -0.25) is 24.1 Å². The van der Waals surface area contributed by atoms with E-state index in [0.717, 1.165) is 10.5 Å². The minimum Gasteiger partial charge on any atom is -0.488 e. The third-order valence-corrected chi connectivity index (χ3v) is 8.82. The second-order valence-corrected chi connectivity index (χ2v) is 12.8. The smallest absolute Gasteiger partial charge is 0.294 e. The number of carbonyl (C=O) groups is 4. The summed E-state index contributed by atoms with van der Waals surface area (Å²) in [4.78, 5) is 61.8. The highest BCUT2D eigenvalue weighted by molar-refractivity contribution is 6.04. The standard InChI is InChI=1S/C34H56N6O11/c1-4-27(51-5-2)32(50)40(28-10-9-25(3)16-35-28)26-11-14-38(15-12-26)13-7-6-8-31(49)39(17-29(47)36-33(19-41,20-42)21-43)18-30(48)37-34(22-44,23-45)24-46/h4,9-10,16,26,41-46H,5-8,11-15,17-24H2,1-3H3,(H,36,47)(H,37,48)/b27-4-. The molecule has 8 N–H and O–H groups in total. The van der Waals surface area contributed by atoms with Gasteiger partial charge in [0.25, 0.3) is 5.91 Å². The number of nitrogens with zero attached hydrogens (tertiary/aromatic N) is 4. The molecule has 1 aliphatic rings. The maximum Gasteiger partial charge on any atom is 0.294 e. The van der Waals surface area contributed by atoms with Crippen molar-refractivity contribution in [3.8, 4) is 0 Å². The average Bonchev–Trinajstić information content (AvgIpc) is 3.14. The zero-order chi connectivity index (χ0) is 38.0. The Balaban J connectivity index is 2.03. The Labute approximate surface area is 298 Å². The lowest BCUT2D eigenvalue weighted by molar-refractivity contribution is -0.141. The number of aliphatic hydroxyl groups excluding tert-OH is 6. The van der Waals surface area contributed by atoms with Gasteiger partial charge in [-0.1, -0.05) is 6.07 Å². The number of hydrogen-bond donors (Lipinski definition) is 8. The van der Waals surface area contributed by atoms with Gasteiger partial charge < -0.3 is 55.8 Å². The number of anilines is 1. The second kappa shape index (κ2) is 21.6. The molecule has 17 heteroatoms. The number of aliphatic hydroxyl groups is 6. The highest BCUT2D eigenvalue weighted by atomic mass is 16.5. The van der Waals surface area contributed by atoms with Crippen LogP contribution in [0.15, 0.2) is 30.2 Å². The highest BCUT2D eigenvalue weighted by Crippen LogP contribution is 2.25. The molecule has 0 unspecified atom stereocenters. The number of hydrogen-bond acceptors (Lipinski definition) is 13. The van der Waals surface area contributed by atoms with Crippen LogP contribution in [-0.2, 0) is 23.9 Å². The number of aryl methyl sites for hydroxylation is 1. The van der Waals surface area contributed by atoms with E-state index in [0.29, 0.717) is 57.7 Å². The Hall–Kier alpha value is -3.71. The summed E-state index contributed by atoms with van der Waals surface area (Å²) in [6.07, 6.45) is 5.76. The summed E-state index contributed by atoms with van der Waals surface area (Å²) in [7, 11) is 0. The van der Waals surface area contributed by atoms with E-state index >= 15 is 0 Å². The van der Waals surface area contributed by atoms with E-state index in [9.17, 15) is 49.8 Å². The van der Waals surface area contributed by atoms with Crippen molar-refractivity contribution in [3.05, 3.63) is 35.7 Å². The van der Waals surface area contributed by atoms with Crippen molar-refractivity contribution in [1.29, 1.82) is 0 Å². The average molecular weight is 725 g/mol. The van der Waals surface area contributed by atoms with Gasteiger partial charge in [-0.05, 0) is 70.7 Å². The molecule has 4 amide bonds. The maximum atomic E-state index is 13.5. The molecular formula is C34H56N6O11. The predicted octanol–water partition coefficient (Wildman–Crippen LogP) is -2.21. The Morgan fingerprint density at radius 3 is 1.86 bits per heavy atom. The number of allylic oxidation sites excluding steroid dienone is 1. The summed E-state index contributed by atoms with van der Waals surface area (Å²) < 4.78 is 5.60. The van der Waals surface area contributed by atoms with Crippen LogP contribution in [0.2, 0.25) is 0 Å². The molecule has 51 heavy (non-hydrogen) atoms. The molecule has 0 bridgehead atoms. The van der Waals surface area contributed by atoms with Crippen LogP contribution >= 0.6 is 0 Å². The molecule has 288 valence electrons. The molecule has 1 fully saturated rings. The summed E-state index contributed by atoms with van der Waals surface area (Å²) >= 11 is 0. The van der Waals surface area contributed by atoms with Crippen molar-refractivity contribution in [1.82, 2.24) is 25.4 Å². The van der Waals surface area contributed by atoms with Crippen molar-refractivity contribution < 1.29 is 54.6 Å². The number of nitrogens with one attached hydrogen (secondary N) is 2. The van der Waals surface area contributed by atoms with Crippen LogP contribution in [0.1, 0.15) is 51.5 Å². The van der Waals surface area contributed by atoms with Crippen molar-refractivity contribution in [2.75, 3.05) is 83.9 Å². The third-order valence-electron chi connectivity index (χ3n) is 8.82. The van der Waals surface area contributed by atoms with E-state index < -0.39 is 81.5 Å². The van der Waals surface area contributed by atoms with Crippen LogP contribution in [0.25, 0.3) is 0 Å². The summed E-state index contributed by atoms with van der Waals surface area (Å²) in [6.45, 7) is 1.88. The summed E-state index contributed by atoms with van der Waals surface area (Å²) in [5.41, 5.74) is -2.52. The Morgan fingerprint density at radius 2 is 1.43 bits per heavy atom. The van der Waals surface area contributed by atoms with Crippen molar-refractivity contribution in [3.63, 3.8) is 0 Å². The van der Waals surface area contributed by atoms with Gasteiger partial charge >= 0.3 is 0 Å². The third kappa shape index (κ3) is 12.8. The molecule has 17 nitrogen and oxygen atoms in total. The molecule has 1 aromatic rings. The van der Waals surface area contributed by atoms with Crippen LogP contribution in [0.4, 0.5) is 5.82 Å². The number of amides is 4. The molecule has 1 aromatic heterocycles. The van der Waals surface area contributed by atoms with Gasteiger partial charge in [-0.15, -0.1) is 0 Å². The van der Waals surface area contributed by atoms with Crippen molar-refractivity contribution in [2.24, 2.45) is 0 Å². The highest BCUT2D eigenvalue weighted by Gasteiger charge is 2.35. The normalized spacial score (nSPS) is 14.6. The molecule has 2 heterocycles. The van der Waals surface area contributed by atoms with Crippen LogP contribution in [0.5, 0.6) is 0 Å². The first-order chi connectivity index (χ1) is 24.4. The molecule has 0 saturated carbocycles. The monoisotopic (exact) mass is 724 g/mol. The van der Waals surface area contributed by atoms with E-state index in [2.05, 4.69) is 20.5 Å². The molecule has 0 spiro atoms. The number of likely N-dealkylation sites (tertiary alicyclic amines) is 1. The fourth-order valence-electron chi connectivity index (χ4n) is 5.56. The lowest BCUT2D eigenvalue weighted by atomic mass is 10.0. The number of aromatic nitrogens is 1. The Kier molecular flexibility index (Phi) is 18.4. The predicted molar refractivity (Wildman–Crippen MR) is 186 cm³/mol. The fraction of sp³-hybridized carbons (Fsp3) is 0.676. The first kappa shape index (κ1) is 43.5. The fourth-order valence-corrected chi connectivity index (χ4v) is 5.56. The molecule has 0 aliphatic carbocycles. The first-order valence-corrected chi connectivity index (χ1v) is 17.2. The van der Waals surface area contributed by atoms with Crippen LogP contribution in [0, 0.1) is 6.92 Å². The van der Waals surface area contributed by atoms with E-state index in [-0.39, 0.29) is 24.1 Å². The van der Waals surface area contributed by atoms with Crippen LogP contribution in [-0.4, -0.2) is 165 Å². The molecule has 0 atom stereocenters. The van der Waals surface area contributed by atoms with Gasteiger partial charge in [0, 0.05) is 31.7 Å². The van der Waals surface area contributed by atoms with Gasteiger partial charge in [0.2, 0.25) is 17.7 Å². The molecule has 0 radical (unpaired) electrons. The maximum absolute atomic E-state index is 13.5. The summed E-state index contributed by atoms with van der Waals surface area (Å²) in [5, 5.41) is 62.0. The van der Waals surface area contributed by atoms with E-state index in [1.165, 1.54) is 0 Å². The summed E-state index contributed by atoms with van der Waals surface area (Å²) in [6, 6.07) is 3.64. The van der Waals surface area contributed by atoms with Crippen LogP contribution < -0.4 is 15.5 Å². The second-order valence-electron chi connectivity index (χ2n) is 12.8. The molecular weight excluding hydrogens is 668 g/mol. The molecule has 0 aromatic carbocycles. The number of carbonyl (C=O) groups excluding carboxylic acids is 4. The quantitative estimate of drug-likeness (QED) is 0.0360. The summed E-state index contributed by atoms with van der Waals surface area (Å²) in [5.74, 6) is -1.70. The number of rotatable bonds is 22. The van der Waals surface area contributed by atoms with Crippen molar-refractivity contribution in [2.45, 2.75) is 70.0 Å². The molecule has 1 saturated heterocycles. The SMILES string of the molecule is C/C=C(\OCC)C(=O)N(c1ccc(C)cn1)C1CCN(CCCCC(=O)N(CC(=O)NC(CO)(CO)CO)CC(=O)NC(CO)(CO)CO)CC1. The van der Waals surface area contributed by atoms with Gasteiger partial charge in [0.05, 0.1) is 46.2 Å². The topological polar surface area (TPSA) is 246 Å². The van der Waals surface area contributed by atoms with E-state index in [1.54, 1.807) is 24.1 Å². The number of ether oxygens (including phenoxy) is 1. The zero-order valence-electron chi connectivity index (χ0n) is 29.9. The Morgan fingerprint density at radius 1 is 0.902 bits per heavy atom. The van der Waals surface area contributed by atoms with Gasteiger partial charge in [0.15, 0.2) is 5.76 Å². The van der Waals surface area contributed by atoms with Gasteiger partial charge in [-0.25, -0.2) is 4.98 Å². The minimum atomic E-state index is -1.75. The van der Waals surface area contributed by atoms with Gasteiger partial charge in [0.1, 0.15) is 30.0 Å². The first-order valence-electron chi connectivity index (χ1n) is 17.2. The van der Waals surface area contributed by atoms with Gasteiger partial charge in [-0.2, -0.15) is 0 Å².